The van der Waals surface area contributed by atoms with Crippen LogP contribution < -0.4 is 5.32 Å². The third kappa shape index (κ3) is 3.12. The van der Waals surface area contributed by atoms with Gasteiger partial charge < -0.3 is 10.1 Å². The third-order valence-electron chi connectivity index (χ3n) is 2.99. The lowest BCUT2D eigenvalue weighted by Crippen LogP contribution is -2.12. The summed E-state index contributed by atoms with van der Waals surface area (Å²) in [5.41, 5.74) is 1.15. The van der Waals surface area contributed by atoms with E-state index in [-0.39, 0.29) is 6.10 Å². The molecule has 1 saturated heterocycles. The van der Waals surface area contributed by atoms with Gasteiger partial charge >= 0.3 is 0 Å². The largest absolute Gasteiger partial charge is 0.370 e. The van der Waals surface area contributed by atoms with E-state index in [2.05, 4.69) is 46.7 Å². The number of aromatic nitrogens is 2. The predicted octanol–water partition coefficient (Wildman–Crippen LogP) is 3.32. The van der Waals surface area contributed by atoms with Crippen LogP contribution in [0.2, 0.25) is 0 Å². The summed E-state index contributed by atoms with van der Waals surface area (Å²) in [6.07, 6.45) is 4.34. The van der Waals surface area contributed by atoms with Crippen LogP contribution in [0.3, 0.4) is 0 Å². The van der Waals surface area contributed by atoms with Gasteiger partial charge in [0.2, 0.25) is 0 Å². The molecular weight excluding hydrogens is 341 g/mol. The van der Waals surface area contributed by atoms with E-state index in [0.29, 0.717) is 0 Å². The highest BCUT2D eigenvalue weighted by molar-refractivity contribution is 14.1. The predicted molar refractivity (Wildman–Crippen MR) is 80.8 cm³/mol. The standard InChI is InChI=1S/C13H20IN3O/c1-3-6-9-11(14)13(15-4-2)17-12(16-9)10-7-5-8-18-10/h10H,3-8H2,1-2H3,(H,15,16,17). The van der Waals surface area contributed by atoms with Crippen molar-refractivity contribution >= 4 is 28.4 Å². The molecule has 0 aliphatic carbocycles. The minimum atomic E-state index is 0.0926. The first kappa shape index (κ1) is 14.0. The molecule has 0 aromatic carbocycles. The zero-order chi connectivity index (χ0) is 13.0. The summed E-state index contributed by atoms with van der Waals surface area (Å²) in [6, 6.07) is 0. The molecule has 2 rings (SSSR count). The Bertz CT molecular complexity index is 378. The second-order valence-electron chi connectivity index (χ2n) is 4.47. The lowest BCUT2D eigenvalue weighted by atomic mass is 10.2. The van der Waals surface area contributed by atoms with Crippen molar-refractivity contribution in [1.29, 1.82) is 0 Å². The first-order chi connectivity index (χ1) is 8.76. The van der Waals surface area contributed by atoms with Crippen molar-refractivity contribution in [2.24, 2.45) is 0 Å². The number of anilines is 1. The summed E-state index contributed by atoms with van der Waals surface area (Å²) in [5.74, 6) is 1.81. The first-order valence-electron chi connectivity index (χ1n) is 6.68. The SMILES string of the molecule is CCCc1nc(C2CCCO2)nc(NCC)c1I. The number of halogens is 1. The average Bonchev–Trinajstić information content (AvgIpc) is 2.88. The highest BCUT2D eigenvalue weighted by Gasteiger charge is 2.23. The van der Waals surface area contributed by atoms with Gasteiger partial charge in [-0.15, -0.1) is 0 Å². The molecule has 1 aromatic heterocycles. The highest BCUT2D eigenvalue weighted by atomic mass is 127. The van der Waals surface area contributed by atoms with Crippen LogP contribution in [-0.2, 0) is 11.2 Å². The van der Waals surface area contributed by atoms with Crippen LogP contribution in [0.5, 0.6) is 0 Å². The van der Waals surface area contributed by atoms with Crippen LogP contribution in [0.1, 0.15) is 50.7 Å². The number of aryl methyl sites for hydroxylation is 1. The summed E-state index contributed by atoms with van der Waals surface area (Å²) in [5, 5.41) is 3.32. The number of nitrogens with zero attached hydrogens (tertiary/aromatic N) is 2. The minimum Gasteiger partial charge on any atom is -0.370 e. The molecule has 0 radical (unpaired) electrons. The molecule has 1 aliphatic heterocycles. The van der Waals surface area contributed by atoms with Gasteiger partial charge in [-0.2, -0.15) is 0 Å². The molecule has 2 heterocycles. The van der Waals surface area contributed by atoms with Crippen LogP contribution in [0.15, 0.2) is 0 Å². The van der Waals surface area contributed by atoms with Crippen molar-refractivity contribution in [3.63, 3.8) is 0 Å². The number of hydrogen-bond donors (Lipinski definition) is 1. The van der Waals surface area contributed by atoms with E-state index in [0.717, 1.165) is 59.7 Å². The number of hydrogen-bond acceptors (Lipinski definition) is 4. The Kier molecular flexibility index (Phi) is 5.17. The topological polar surface area (TPSA) is 47.0 Å². The Hall–Kier alpha value is -0.430. The van der Waals surface area contributed by atoms with E-state index >= 15 is 0 Å². The Morgan fingerprint density at radius 2 is 2.22 bits per heavy atom. The maximum absolute atomic E-state index is 5.69. The third-order valence-corrected chi connectivity index (χ3v) is 4.12. The molecule has 4 nitrogen and oxygen atoms in total. The van der Waals surface area contributed by atoms with E-state index in [4.69, 9.17) is 9.72 Å². The van der Waals surface area contributed by atoms with E-state index < -0.39 is 0 Å². The normalized spacial score (nSPS) is 19.2. The first-order valence-corrected chi connectivity index (χ1v) is 7.75. The highest BCUT2D eigenvalue weighted by Crippen LogP contribution is 2.29. The zero-order valence-corrected chi connectivity index (χ0v) is 13.2. The lowest BCUT2D eigenvalue weighted by Gasteiger charge is -2.14. The van der Waals surface area contributed by atoms with Gasteiger partial charge in [-0.3, -0.25) is 0 Å². The fraction of sp³-hybridized carbons (Fsp3) is 0.692. The summed E-state index contributed by atoms with van der Waals surface area (Å²) >= 11 is 2.34. The van der Waals surface area contributed by atoms with Crippen molar-refractivity contribution in [3.8, 4) is 0 Å². The Morgan fingerprint density at radius 1 is 1.39 bits per heavy atom. The monoisotopic (exact) mass is 361 g/mol. The molecule has 1 unspecified atom stereocenters. The van der Waals surface area contributed by atoms with Gasteiger partial charge in [0, 0.05) is 13.2 Å². The average molecular weight is 361 g/mol. The van der Waals surface area contributed by atoms with Crippen LogP contribution >= 0.6 is 22.6 Å². The van der Waals surface area contributed by atoms with Gasteiger partial charge in [0.05, 0.1) is 9.26 Å². The van der Waals surface area contributed by atoms with Gasteiger partial charge in [-0.1, -0.05) is 13.3 Å². The van der Waals surface area contributed by atoms with Crippen LogP contribution in [0.25, 0.3) is 0 Å². The molecule has 1 atom stereocenters. The Balaban J connectivity index is 2.33. The molecular formula is C13H20IN3O. The van der Waals surface area contributed by atoms with E-state index in [1.807, 2.05) is 0 Å². The zero-order valence-electron chi connectivity index (χ0n) is 11.0. The Morgan fingerprint density at radius 3 is 2.83 bits per heavy atom. The smallest absolute Gasteiger partial charge is 0.159 e. The van der Waals surface area contributed by atoms with Gasteiger partial charge in [0.1, 0.15) is 11.9 Å². The molecule has 0 bridgehead atoms. The minimum absolute atomic E-state index is 0.0926. The molecule has 5 heteroatoms. The van der Waals surface area contributed by atoms with Crippen LogP contribution in [0, 0.1) is 3.57 Å². The van der Waals surface area contributed by atoms with Crippen LogP contribution in [-0.4, -0.2) is 23.1 Å². The van der Waals surface area contributed by atoms with E-state index in [9.17, 15) is 0 Å². The summed E-state index contributed by atoms with van der Waals surface area (Å²) < 4.78 is 6.84. The second kappa shape index (κ2) is 6.65. The molecule has 18 heavy (non-hydrogen) atoms. The van der Waals surface area contributed by atoms with Gasteiger partial charge in [0.15, 0.2) is 5.82 Å². The fourth-order valence-electron chi connectivity index (χ4n) is 2.12. The summed E-state index contributed by atoms with van der Waals surface area (Å²) in [6.45, 7) is 5.98. The van der Waals surface area contributed by atoms with Gasteiger partial charge in [-0.05, 0) is 48.8 Å². The van der Waals surface area contributed by atoms with Crippen molar-refractivity contribution in [1.82, 2.24) is 9.97 Å². The number of rotatable bonds is 5. The van der Waals surface area contributed by atoms with E-state index in [1.165, 1.54) is 0 Å². The molecule has 1 aliphatic rings. The summed E-state index contributed by atoms with van der Waals surface area (Å²) in [4.78, 5) is 9.34. The van der Waals surface area contributed by atoms with Crippen molar-refractivity contribution in [3.05, 3.63) is 15.1 Å². The molecule has 0 saturated carbocycles. The molecule has 0 amide bonds. The van der Waals surface area contributed by atoms with Crippen molar-refractivity contribution in [2.45, 2.75) is 45.6 Å². The molecule has 0 spiro atoms. The maximum Gasteiger partial charge on any atom is 0.159 e. The maximum atomic E-state index is 5.69. The molecule has 1 N–H and O–H groups in total. The van der Waals surface area contributed by atoms with Crippen LogP contribution in [0.4, 0.5) is 5.82 Å². The van der Waals surface area contributed by atoms with Crippen molar-refractivity contribution < 1.29 is 4.74 Å². The Labute approximate surface area is 122 Å². The lowest BCUT2D eigenvalue weighted by molar-refractivity contribution is 0.105. The van der Waals surface area contributed by atoms with Crippen molar-refractivity contribution in [2.75, 3.05) is 18.5 Å². The molecule has 1 fully saturated rings. The number of nitrogens with one attached hydrogen (secondary N) is 1. The van der Waals surface area contributed by atoms with E-state index in [1.54, 1.807) is 0 Å². The van der Waals surface area contributed by atoms with Gasteiger partial charge in [0.25, 0.3) is 0 Å². The fourth-order valence-corrected chi connectivity index (χ4v) is 2.83. The molecule has 1 aromatic rings. The van der Waals surface area contributed by atoms with Gasteiger partial charge in [-0.25, -0.2) is 9.97 Å². The molecule has 100 valence electrons. The number of ether oxygens (including phenoxy) is 1. The second-order valence-corrected chi connectivity index (χ2v) is 5.55. The quantitative estimate of drug-likeness (QED) is 0.818. The summed E-state index contributed by atoms with van der Waals surface area (Å²) in [7, 11) is 0.